The Bertz CT molecular complexity index is 414. The lowest BCUT2D eigenvalue weighted by Crippen LogP contribution is -2.56. The molecule has 1 unspecified atom stereocenters. The summed E-state index contributed by atoms with van der Waals surface area (Å²) >= 11 is 0. The highest BCUT2D eigenvalue weighted by Gasteiger charge is 2.31. The molecule has 86 valence electrons. The number of rotatable bonds is 3. The zero-order valence-corrected chi connectivity index (χ0v) is 9.44. The van der Waals surface area contributed by atoms with Crippen molar-refractivity contribution >= 4 is 11.6 Å². The summed E-state index contributed by atoms with van der Waals surface area (Å²) in [4.78, 5) is 13.3. The first-order valence-corrected chi connectivity index (χ1v) is 5.42. The second-order valence-corrected chi connectivity index (χ2v) is 4.58. The van der Waals surface area contributed by atoms with Crippen LogP contribution in [0.4, 0.5) is 5.69 Å². The maximum atomic E-state index is 11.2. The van der Waals surface area contributed by atoms with Crippen LogP contribution in [0.3, 0.4) is 0 Å². The highest BCUT2D eigenvalue weighted by atomic mass is 16.1. The quantitative estimate of drug-likeness (QED) is 0.765. The Morgan fingerprint density at radius 3 is 2.88 bits per heavy atom. The summed E-state index contributed by atoms with van der Waals surface area (Å²) in [6.45, 7) is 3.05. The Labute approximate surface area is 95.2 Å². The maximum absolute atomic E-state index is 11.2. The van der Waals surface area contributed by atoms with Gasteiger partial charge in [0.2, 0.25) is 5.91 Å². The van der Waals surface area contributed by atoms with Crippen molar-refractivity contribution < 1.29 is 4.79 Å². The molecule has 0 bridgehead atoms. The Hall–Kier alpha value is -1.55. The van der Waals surface area contributed by atoms with E-state index in [2.05, 4.69) is 17.0 Å². The minimum atomic E-state index is -0.975. The fourth-order valence-electron chi connectivity index (χ4n) is 2.05. The van der Waals surface area contributed by atoms with Gasteiger partial charge < -0.3 is 16.4 Å². The van der Waals surface area contributed by atoms with Crippen molar-refractivity contribution in [2.75, 3.05) is 18.0 Å². The van der Waals surface area contributed by atoms with Crippen molar-refractivity contribution in [1.82, 2.24) is 0 Å². The first-order chi connectivity index (χ1) is 7.50. The van der Waals surface area contributed by atoms with Gasteiger partial charge in [0.15, 0.2) is 0 Å². The third kappa shape index (κ3) is 1.88. The van der Waals surface area contributed by atoms with E-state index in [0.717, 1.165) is 13.0 Å². The summed E-state index contributed by atoms with van der Waals surface area (Å²) in [5.41, 5.74) is 12.7. The molecule has 0 aliphatic carbocycles. The van der Waals surface area contributed by atoms with Crippen LogP contribution in [0.2, 0.25) is 0 Å². The minimum Gasteiger partial charge on any atom is -0.369 e. The van der Waals surface area contributed by atoms with Crippen LogP contribution in [0.5, 0.6) is 0 Å². The van der Waals surface area contributed by atoms with E-state index in [1.165, 1.54) is 11.3 Å². The number of amides is 1. The summed E-state index contributed by atoms with van der Waals surface area (Å²) in [6.07, 6.45) is 1.00. The normalized spacial score (nSPS) is 18.0. The molecule has 0 saturated carbocycles. The van der Waals surface area contributed by atoms with Gasteiger partial charge in [-0.25, -0.2) is 0 Å². The predicted molar refractivity (Wildman–Crippen MR) is 64.1 cm³/mol. The molecule has 0 aromatic heterocycles. The Kier molecular flexibility index (Phi) is 2.59. The van der Waals surface area contributed by atoms with E-state index >= 15 is 0 Å². The number of para-hydroxylation sites is 1. The van der Waals surface area contributed by atoms with Gasteiger partial charge in [0.25, 0.3) is 0 Å². The Morgan fingerprint density at radius 1 is 1.50 bits per heavy atom. The average Bonchev–Trinajstić information content (AvgIpc) is 2.61. The highest BCUT2D eigenvalue weighted by molar-refractivity contribution is 5.85. The number of nitrogens with two attached hydrogens (primary N) is 2. The van der Waals surface area contributed by atoms with E-state index in [0.29, 0.717) is 6.54 Å². The van der Waals surface area contributed by atoms with E-state index in [4.69, 9.17) is 11.5 Å². The van der Waals surface area contributed by atoms with Gasteiger partial charge >= 0.3 is 0 Å². The van der Waals surface area contributed by atoms with Gasteiger partial charge in [-0.05, 0) is 25.0 Å². The second kappa shape index (κ2) is 3.79. The number of benzene rings is 1. The fraction of sp³-hybridized carbons (Fsp3) is 0.417. The van der Waals surface area contributed by atoms with Gasteiger partial charge in [0, 0.05) is 18.8 Å². The molecule has 1 aromatic rings. The smallest absolute Gasteiger partial charge is 0.239 e. The predicted octanol–water partition coefficient (Wildman–Crippen LogP) is 0.252. The molecular formula is C12H17N3O. The molecule has 1 aliphatic heterocycles. The molecule has 1 aliphatic rings. The van der Waals surface area contributed by atoms with Gasteiger partial charge in [-0.15, -0.1) is 0 Å². The highest BCUT2D eigenvalue weighted by Crippen LogP contribution is 2.28. The van der Waals surface area contributed by atoms with Gasteiger partial charge in [-0.2, -0.15) is 0 Å². The van der Waals surface area contributed by atoms with Crippen molar-refractivity contribution in [3.63, 3.8) is 0 Å². The van der Waals surface area contributed by atoms with Crippen molar-refractivity contribution in [2.24, 2.45) is 11.5 Å². The monoisotopic (exact) mass is 219 g/mol. The lowest BCUT2D eigenvalue weighted by Gasteiger charge is -2.29. The number of anilines is 1. The number of primary amides is 1. The topological polar surface area (TPSA) is 72.3 Å². The van der Waals surface area contributed by atoms with E-state index in [1.54, 1.807) is 6.92 Å². The van der Waals surface area contributed by atoms with Crippen molar-refractivity contribution in [3.05, 3.63) is 29.8 Å². The third-order valence-corrected chi connectivity index (χ3v) is 3.07. The molecule has 1 heterocycles. The standard InChI is InChI=1S/C12H17N3O/c1-12(14,11(13)16)8-15-7-6-9-4-2-3-5-10(9)15/h2-5H,6-8,14H2,1H3,(H2,13,16). The Morgan fingerprint density at radius 2 is 2.19 bits per heavy atom. The lowest BCUT2D eigenvalue weighted by molar-refractivity contribution is -0.122. The lowest BCUT2D eigenvalue weighted by atomic mass is 10.0. The zero-order chi connectivity index (χ0) is 11.8. The van der Waals surface area contributed by atoms with Gasteiger partial charge in [-0.3, -0.25) is 4.79 Å². The summed E-state index contributed by atoms with van der Waals surface area (Å²) in [7, 11) is 0. The van der Waals surface area contributed by atoms with Crippen molar-refractivity contribution in [3.8, 4) is 0 Å². The average molecular weight is 219 g/mol. The van der Waals surface area contributed by atoms with Gasteiger partial charge in [0.1, 0.15) is 5.54 Å². The summed E-state index contributed by atoms with van der Waals surface area (Å²) in [5, 5.41) is 0. The van der Waals surface area contributed by atoms with Crippen LogP contribution >= 0.6 is 0 Å². The van der Waals surface area contributed by atoms with Crippen LogP contribution in [0.15, 0.2) is 24.3 Å². The van der Waals surface area contributed by atoms with Crippen LogP contribution in [-0.4, -0.2) is 24.5 Å². The molecule has 16 heavy (non-hydrogen) atoms. The van der Waals surface area contributed by atoms with Gasteiger partial charge in [0.05, 0.1) is 0 Å². The first-order valence-electron chi connectivity index (χ1n) is 5.42. The first kappa shape index (κ1) is 11.0. The molecule has 1 aromatic carbocycles. The number of carbonyl (C=O) groups excluding carboxylic acids is 1. The molecular weight excluding hydrogens is 202 g/mol. The van der Waals surface area contributed by atoms with Gasteiger partial charge in [-0.1, -0.05) is 18.2 Å². The van der Waals surface area contributed by atoms with Crippen LogP contribution < -0.4 is 16.4 Å². The summed E-state index contributed by atoms with van der Waals surface area (Å²) < 4.78 is 0. The van der Waals surface area contributed by atoms with E-state index in [1.807, 2.05) is 12.1 Å². The number of fused-ring (bicyclic) bond motifs is 1. The molecule has 0 fully saturated rings. The van der Waals surface area contributed by atoms with Crippen LogP contribution in [-0.2, 0) is 11.2 Å². The van der Waals surface area contributed by atoms with E-state index in [-0.39, 0.29) is 0 Å². The van der Waals surface area contributed by atoms with Crippen LogP contribution in [0, 0.1) is 0 Å². The molecule has 1 amide bonds. The number of hydrogen-bond acceptors (Lipinski definition) is 3. The van der Waals surface area contributed by atoms with E-state index in [9.17, 15) is 4.79 Å². The van der Waals surface area contributed by atoms with Crippen molar-refractivity contribution in [2.45, 2.75) is 18.9 Å². The molecule has 0 radical (unpaired) electrons. The zero-order valence-electron chi connectivity index (χ0n) is 9.44. The van der Waals surface area contributed by atoms with Crippen LogP contribution in [0.25, 0.3) is 0 Å². The molecule has 0 saturated heterocycles. The summed E-state index contributed by atoms with van der Waals surface area (Å²) in [6, 6.07) is 8.18. The molecule has 4 heteroatoms. The number of nitrogens with zero attached hydrogens (tertiary/aromatic N) is 1. The molecule has 4 N–H and O–H groups in total. The SMILES string of the molecule is CC(N)(CN1CCc2ccccc21)C(N)=O. The van der Waals surface area contributed by atoms with Crippen molar-refractivity contribution in [1.29, 1.82) is 0 Å². The van der Waals surface area contributed by atoms with E-state index < -0.39 is 11.4 Å². The molecule has 2 rings (SSSR count). The number of hydrogen-bond donors (Lipinski definition) is 2. The van der Waals surface area contributed by atoms with Crippen LogP contribution in [0.1, 0.15) is 12.5 Å². The second-order valence-electron chi connectivity index (χ2n) is 4.58. The molecule has 1 atom stereocenters. The maximum Gasteiger partial charge on any atom is 0.239 e. The Balaban J connectivity index is 2.18. The third-order valence-electron chi connectivity index (χ3n) is 3.07. The fourth-order valence-corrected chi connectivity index (χ4v) is 2.05. The summed E-state index contributed by atoms with van der Waals surface area (Å²) in [5.74, 6) is -0.461. The molecule has 4 nitrogen and oxygen atoms in total. The number of carbonyl (C=O) groups is 1. The molecule has 0 spiro atoms. The largest absolute Gasteiger partial charge is 0.369 e. The minimum absolute atomic E-state index is 0.461.